The molecule has 0 amide bonds. The molecule has 2 aromatic carbocycles. The molecule has 0 aliphatic carbocycles. The molecule has 1 atom stereocenters. The number of anilines is 1. The van der Waals surface area contributed by atoms with Crippen LogP contribution in [0.25, 0.3) is 0 Å². The summed E-state index contributed by atoms with van der Waals surface area (Å²) in [7, 11) is 0. The van der Waals surface area contributed by atoms with Crippen LogP contribution in [0.3, 0.4) is 0 Å². The molecule has 0 radical (unpaired) electrons. The minimum absolute atomic E-state index is 0.119. The molecule has 18 heavy (non-hydrogen) atoms. The van der Waals surface area contributed by atoms with E-state index in [1.165, 1.54) is 18.2 Å². The predicted octanol–water partition coefficient (Wildman–Crippen LogP) is 3.06. The van der Waals surface area contributed by atoms with Crippen LogP contribution in [0.4, 0.5) is 10.1 Å². The molecule has 0 aliphatic rings. The summed E-state index contributed by atoms with van der Waals surface area (Å²) in [6.07, 6.45) is 0. The molecule has 2 rings (SSSR count). The lowest BCUT2D eigenvalue weighted by molar-refractivity contribution is -0.138. The number of carboxylic acids is 1. The highest BCUT2D eigenvalue weighted by Gasteiger charge is 2.22. The Kier molecular flexibility index (Phi) is 3.57. The van der Waals surface area contributed by atoms with Gasteiger partial charge in [0, 0.05) is 11.3 Å². The van der Waals surface area contributed by atoms with Crippen LogP contribution in [-0.4, -0.2) is 11.1 Å². The molecule has 0 aliphatic heterocycles. The third-order valence-corrected chi connectivity index (χ3v) is 2.55. The van der Waals surface area contributed by atoms with E-state index in [2.05, 4.69) is 5.32 Å². The van der Waals surface area contributed by atoms with Crippen molar-refractivity contribution >= 4 is 11.7 Å². The molecule has 92 valence electrons. The van der Waals surface area contributed by atoms with Gasteiger partial charge in [0.05, 0.1) is 0 Å². The minimum Gasteiger partial charge on any atom is -0.479 e. The largest absolute Gasteiger partial charge is 0.479 e. The third-order valence-electron chi connectivity index (χ3n) is 2.55. The van der Waals surface area contributed by atoms with Gasteiger partial charge < -0.3 is 10.4 Å². The van der Waals surface area contributed by atoms with E-state index in [4.69, 9.17) is 0 Å². The van der Waals surface area contributed by atoms with Crippen molar-refractivity contribution < 1.29 is 14.3 Å². The van der Waals surface area contributed by atoms with Crippen LogP contribution in [0.5, 0.6) is 0 Å². The molecule has 0 aromatic heterocycles. The van der Waals surface area contributed by atoms with Crippen molar-refractivity contribution in [3.63, 3.8) is 0 Å². The van der Waals surface area contributed by atoms with E-state index in [0.717, 1.165) is 0 Å². The molecule has 0 fully saturated rings. The zero-order chi connectivity index (χ0) is 13.0. The number of hydrogen-bond donors (Lipinski definition) is 2. The second-order valence-electron chi connectivity index (χ2n) is 3.80. The third kappa shape index (κ3) is 2.66. The number of carbonyl (C=O) groups is 1. The van der Waals surface area contributed by atoms with Crippen LogP contribution in [0.15, 0.2) is 54.6 Å². The van der Waals surface area contributed by atoms with Crippen LogP contribution in [0.2, 0.25) is 0 Å². The lowest BCUT2D eigenvalue weighted by Gasteiger charge is -2.16. The van der Waals surface area contributed by atoms with E-state index in [0.29, 0.717) is 5.69 Å². The molecule has 4 heteroatoms. The minimum atomic E-state index is -1.12. The van der Waals surface area contributed by atoms with Gasteiger partial charge in [-0.3, -0.25) is 0 Å². The normalized spacial score (nSPS) is 11.8. The fourth-order valence-electron chi connectivity index (χ4n) is 1.68. The summed E-state index contributed by atoms with van der Waals surface area (Å²) in [5, 5.41) is 12.0. The van der Waals surface area contributed by atoms with Gasteiger partial charge in [-0.15, -0.1) is 0 Å². The maximum absolute atomic E-state index is 13.6. The van der Waals surface area contributed by atoms with Gasteiger partial charge in [-0.2, -0.15) is 0 Å². The monoisotopic (exact) mass is 245 g/mol. The van der Waals surface area contributed by atoms with Gasteiger partial charge in [0.2, 0.25) is 0 Å². The molecule has 0 heterocycles. The second kappa shape index (κ2) is 5.31. The summed E-state index contributed by atoms with van der Waals surface area (Å²) in [6, 6.07) is 13.6. The van der Waals surface area contributed by atoms with E-state index in [1.807, 2.05) is 6.07 Å². The van der Waals surface area contributed by atoms with Crippen LogP contribution < -0.4 is 5.32 Å². The fourth-order valence-corrected chi connectivity index (χ4v) is 1.68. The molecule has 0 saturated heterocycles. The number of aliphatic carboxylic acids is 1. The SMILES string of the molecule is O=C(O)C(Nc1ccccc1)c1ccccc1F. The topological polar surface area (TPSA) is 49.3 Å². The van der Waals surface area contributed by atoms with Crippen molar-refractivity contribution in [3.05, 3.63) is 66.0 Å². The number of carboxylic acid groups (broad SMARTS) is 1. The van der Waals surface area contributed by atoms with Gasteiger partial charge >= 0.3 is 5.97 Å². The van der Waals surface area contributed by atoms with Gasteiger partial charge in [-0.1, -0.05) is 36.4 Å². The Hall–Kier alpha value is -2.36. The number of hydrogen-bond acceptors (Lipinski definition) is 2. The highest BCUT2D eigenvalue weighted by atomic mass is 19.1. The number of halogens is 1. The van der Waals surface area contributed by atoms with Gasteiger partial charge in [0.25, 0.3) is 0 Å². The number of rotatable bonds is 4. The smallest absolute Gasteiger partial charge is 0.330 e. The van der Waals surface area contributed by atoms with Gasteiger partial charge in [-0.25, -0.2) is 9.18 Å². The van der Waals surface area contributed by atoms with E-state index < -0.39 is 17.8 Å². The van der Waals surface area contributed by atoms with E-state index in [9.17, 15) is 14.3 Å². The average Bonchev–Trinajstić information content (AvgIpc) is 2.38. The Balaban J connectivity index is 2.30. The van der Waals surface area contributed by atoms with Crippen molar-refractivity contribution in [3.8, 4) is 0 Å². The maximum atomic E-state index is 13.6. The molecule has 0 bridgehead atoms. The van der Waals surface area contributed by atoms with Crippen LogP contribution in [-0.2, 0) is 4.79 Å². The first-order valence-corrected chi connectivity index (χ1v) is 5.47. The van der Waals surface area contributed by atoms with Crippen molar-refractivity contribution in [2.75, 3.05) is 5.32 Å². The Morgan fingerprint density at radius 2 is 1.67 bits per heavy atom. The molecule has 0 spiro atoms. The average molecular weight is 245 g/mol. The zero-order valence-electron chi connectivity index (χ0n) is 9.51. The Bertz CT molecular complexity index is 543. The number of benzene rings is 2. The molecular formula is C14H12FNO2. The summed E-state index contributed by atoms with van der Waals surface area (Å²) < 4.78 is 13.6. The predicted molar refractivity (Wildman–Crippen MR) is 66.8 cm³/mol. The lowest BCUT2D eigenvalue weighted by Crippen LogP contribution is -2.21. The van der Waals surface area contributed by atoms with Gasteiger partial charge in [-0.05, 0) is 18.2 Å². The van der Waals surface area contributed by atoms with Crippen LogP contribution in [0, 0.1) is 5.82 Å². The van der Waals surface area contributed by atoms with E-state index in [-0.39, 0.29) is 5.56 Å². The first-order chi connectivity index (χ1) is 8.68. The van der Waals surface area contributed by atoms with E-state index >= 15 is 0 Å². The van der Waals surface area contributed by atoms with Gasteiger partial charge in [0.15, 0.2) is 6.04 Å². The molecular weight excluding hydrogens is 233 g/mol. The van der Waals surface area contributed by atoms with Crippen LogP contribution >= 0.6 is 0 Å². The molecule has 2 N–H and O–H groups in total. The quantitative estimate of drug-likeness (QED) is 0.870. The summed E-state index contributed by atoms with van der Waals surface area (Å²) in [4.78, 5) is 11.2. The number of nitrogens with one attached hydrogen (secondary N) is 1. The fraction of sp³-hybridized carbons (Fsp3) is 0.0714. The summed E-state index contributed by atoms with van der Waals surface area (Å²) in [5.41, 5.74) is 0.752. The Labute approximate surface area is 104 Å². The lowest BCUT2D eigenvalue weighted by atomic mass is 10.1. The highest BCUT2D eigenvalue weighted by molar-refractivity contribution is 5.79. The van der Waals surface area contributed by atoms with E-state index in [1.54, 1.807) is 30.3 Å². The molecule has 2 aromatic rings. The Morgan fingerprint density at radius 3 is 2.28 bits per heavy atom. The van der Waals surface area contributed by atoms with Gasteiger partial charge in [0.1, 0.15) is 5.82 Å². The standard InChI is InChI=1S/C14H12FNO2/c15-12-9-5-4-8-11(12)13(14(17)18)16-10-6-2-1-3-7-10/h1-9,13,16H,(H,17,18). The van der Waals surface area contributed by atoms with Crippen molar-refractivity contribution in [2.24, 2.45) is 0 Å². The molecule has 3 nitrogen and oxygen atoms in total. The first kappa shape index (κ1) is 12.1. The number of para-hydroxylation sites is 1. The van der Waals surface area contributed by atoms with Crippen molar-refractivity contribution in [1.29, 1.82) is 0 Å². The second-order valence-corrected chi connectivity index (χ2v) is 3.80. The maximum Gasteiger partial charge on any atom is 0.330 e. The molecule has 1 unspecified atom stereocenters. The molecule has 0 saturated carbocycles. The zero-order valence-corrected chi connectivity index (χ0v) is 9.51. The summed E-state index contributed by atoms with van der Waals surface area (Å²) in [5.74, 6) is -1.66. The van der Waals surface area contributed by atoms with Crippen molar-refractivity contribution in [2.45, 2.75) is 6.04 Å². The summed E-state index contributed by atoms with van der Waals surface area (Å²) >= 11 is 0. The van der Waals surface area contributed by atoms with Crippen LogP contribution in [0.1, 0.15) is 11.6 Å². The van der Waals surface area contributed by atoms with Crippen molar-refractivity contribution in [1.82, 2.24) is 0 Å². The highest BCUT2D eigenvalue weighted by Crippen LogP contribution is 2.22. The first-order valence-electron chi connectivity index (χ1n) is 5.47. The summed E-state index contributed by atoms with van der Waals surface area (Å²) in [6.45, 7) is 0. The Morgan fingerprint density at radius 1 is 1.06 bits per heavy atom.